The van der Waals surface area contributed by atoms with Crippen molar-refractivity contribution in [3.63, 3.8) is 0 Å². The molecule has 1 fully saturated rings. The molecule has 2 aromatic carbocycles. The number of imide groups is 1. The minimum absolute atomic E-state index is 0.0709. The van der Waals surface area contributed by atoms with Crippen molar-refractivity contribution < 1.29 is 23.9 Å². The molecule has 1 saturated heterocycles. The third-order valence-corrected chi connectivity index (χ3v) is 7.31. The molecule has 0 aliphatic carbocycles. The number of nitrogens with zero attached hydrogens (tertiary/aromatic N) is 4. The van der Waals surface area contributed by atoms with Gasteiger partial charge in [0.1, 0.15) is 5.69 Å². The van der Waals surface area contributed by atoms with Gasteiger partial charge in [-0.2, -0.15) is 0 Å². The number of thiazole rings is 1. The fourth-order valence-corrected chi connectivity index (χ4v) is 5.33. The maximum Gasteiger partial charge on any atom is 0.273 e. The van der Waals surface area contributed by atoms with Gasteiger partial charge in [0.25, 0.3) is 17.7 Å². The van der Waals surface area contributed by atoms with Gasteiger partial charge in [0.2, 0.25) is 0 Å². The van der Waals surface area contributed by atoms with Crippen LogP contribution < -0.4 is 14.4 Å². The summed E-state index contributed by atoms with van der Waals surface area (Å²) in [4.78, 5) is 49.0. The van der Waals surface area contributed by atoms with Crippen LogP contribution in [0, 0.1) is 6.92 Å². The van der Waals surface area contributed by atoms with Gasteiger partial charge in [-0.25, -0.2) is 4.98 Å². The van der Waals surface area contributed by atoms with Crippen LogP contribution in [0.15, 0.2) is 41.8 Å². The number of methoxy groups -OCH3 is 2. The first-order valence-corrected chi connectivity index (χ1v) is 12.5. The molecular weight excluding hydrogens is 480 g/mol. The first-order chi connectivity index (χ1) is 17.4. The molecule has 3 amide bonds. The molecule has 0 bridgehead atoms. The van der Waals surface area contributed by atoms with Crippen LogP contribution in [0.2, 0.25) is 0 Å². The number of ether oxygens (including phenoxy) is 2. The van der Waals surface area contributed by atoms with Crippen molar-refractivity contribution in [2.45, 2.75) is 13.5 Å². The van der Waals surface area contributed by atoms with Crippen LogP contribution in [0.5, 0.6) is 11.5 Å². The zero-order valence-electron chi connectivity index (χ0n) is 20.3. The number of carbonyl (C=O) groups is 3. The zero-order chi connectivity index (χ0) is 25.4. The normalized spacial score (nSPS) is 15.4. The van der Waals surface area contributed by atoms with Crippen molar-refractivity contribution >= 4 is 34.7 Å². The van der Waals surface area contributed by atoms with Crippen molar-refractivity contribution in [3.8, 4) is 11.5 Å². The van der Waals surface area contributed by atoms with Crippen LogP contribution >= 0.6 is 11.3 Å². The highest BCUT2D eigenvalue weighted by atomic mass is 32.1. The molecule has 0 N–H and O–H groups in total. The highest BCUT2D eigenvalue weighted by Crippen LogP contribution is 2.36. The Morgan fingerprint density at radius 3 is 2.42 bits per heavy atom. The molecule has 0 radical (unpaired) electrons. The Morgan fingerprint density at radius 2 is 1.75 bits per heavy atom. The van der Waals surface area contributed by atoms with Crippen LogP contribution in [-0.2, 0) is 6.54 Å². The van der Waals surface area contributed by atoms with Gasteiger partial charge in [-0.3, -0.25) is 19.3 Å². The van der Waals surface area contributed by atoms with Gasteiger partial charge in [0, 0.05) is 37.1 Å². The molecule has 3 aromatic rings. The number of para-hydroxylation sites is 1. The molecule has 9 nitrogen and oxygen atoms in total. The third-order valence-electron chi connectivity index (χ3n) is 6.54. The molecule has 10 heteroatoms. The predicted molar refractivity (Wildman–Crippen MR) is 135 cm³/mol. The monoisotopic (exact) mass is 506 g/mol. The molecule has 2 aliphatic heterocycles. The van der Waals surface area contributed by atoms with E-state index in [1.165, 1.54) is 23.3 Å². The number of anilines is 1. The number of fused-ring (bicyclic) bond motifs is 1. The van der Waals surface area contributed by atoms with Crippen molar-refractivity contribution in [1.29, 1.82) is 0 Å². The first kappa shape index (κ1) is 23.8. The van der Waals surface area contributed by atoms with Crippen molar-refractivity contribution in [2.24, 2.45) is 0 Å². The zero-order valence-corrected chi connectivity index (χ0v) is 21.1. The molecular formula is C26H26N4O5S. The SMILES string of the molecule is COc1cccc(CN2C(=O)c3cccc(N4CCN(C(=O)c5csc(C)n5)CC4)c3C2=O)c1OC. The Labute approximate surface area is 212 Å². The van der Waals surface area contributed by atoms with E-state index in [1.807, 2.05) is 19.1 Å². The molecule has 0 spiro atoms. The Balaban J connectivity index is 1.35. The average Bonchev–Trinajstić information content (AvgIpc) is 3.45. The van der Waals surface area contributed by atoms with Crippen LogP contribution in [0.4, 0.5) is 5.69 Å². The third kappa shape index (κ3) is 4.07. The number of amides is 3. The molecule has 0 atom stereocenters. The lowest BCUT2D eigenvalue weighted by molar-refractivity contribution is 0.0639. The minimum atomic E-state index is -0.341. The second-order valence-electron chi connectivity index (χ2n) is 8.58. The maximum atomic E-state index is 13.5. The second-order valence-corrected chi connectivity index (χ2v) is 9.64. The van der Waals surface area contributed by atoms with E-state index < -0.39 is 0 Å². The van der Waals surface area contributed by atoms with Crippen LogP contribution in [0.25, 0.3) is 0 Å². The van der Waals surface area contributed by atoms with E-state index in [0.717, 1.165) is 5.01 Å². The Bertz CT molecular complexity index is 1350. The molecule has 2 aliphatic rings. The number of hydrogen-bond acceptors (Lipinski definition) is 8. The van der Waals surface area contributed by atoms with Crippen LogP contribution in [0.1, 0.15) is 41.8 Å². The van der Waals surface area contributed by atoms with Gasteiger partial charge >= 0.3 is 0 Å². The van der Waals surface area contributed by atoms with E-state index >= 15 is 0 Å². The number of hydrogen-bond donors (Lipinski definition) is 0. The van der Waals surface area contributed by atoms with Crippen LogP contribution in [-0.4, -0.2) is 72.9 Å². The van der Waals surface area contributed by atoms with E-state index in [0.29, 0.717) is 65.7 Å². The van der Waals surface area contributed by atoms with Gasteiger partial charge in [-0.1, -0.05) is 18.2 Å². The number of benzene rings is 2. The molecule has 0 unspecified atom stereocenters. The first-order valence-electron chi connectivity index (χ1n) is 11.6. The molecule has 5 rings (SSSR count). The largest absolute Gasteiger partial charge is 0.493 e. The van der Waals surface area contributed by atoms with Crippen molar-refractivity contribution in [1.82, 2.24) is 14.8 Å². The highest BCUT2D eigenvalue weighted by Gasteiger charge is 2.39. The molecule has 1 aromatic heterocycles. The number of carbonyl (C=O) groups excluding carboxylic acids is 3. The molecule has 36 heavy (non-hydrogen) atoms. The summed E-state index contributed by atoms with van der Waals surface area (Å²) < 4.78 is 10.8. The summed E-state index contributed by atoms with van der Waals surface area (Å²) in [6.45, 7) is 4.06. The second kappa shape index (κ2) is 9.62. The highest BCUT2D eigenvalue weighted by molar-refractivity contribution is 7.09. The average molecular weight is 507 g/mol. The van der Waals surface area contributed by atoms with Gasteiger partial charge in [-0.05, 0) is 25.1 Å². The summed E-state index contributed by atoms with van der Waals surface area (Å²) in [5.74, 6) is 0.267. The van der Waals surface area contributed by atoms with E-state index in [1.54, 1.807) is 41.7 Å². The lowest BCUT2D eigenvalue weighted by Crippen LogP contribution is -2.49. The Morgan fingerprint density at radius 1 is 1.00 bits per heavy atom. The van der Waals surface area contributed by atoms with E-state index in [4.69, 9.17) is 9.47 Å². The number of aromatic nitrogens is 1. The number of aryl methyl sites for hydroxylation is 1. The summed E-state index contributed by atoms with van der Waals surface area (Å²) in [5, 5.41) is 2.64. The van der Waals surface area contributed by atoms with Gasteiger partial charge < -0.3 is 19.3 Å². The lowest BCUT2D eigenvalue weighted by atomic mass is 10.1. The van der Waals surface area contributed by atoms with Crippen molar-refractivity contribution in [2.75, 3.05) is 45.3 Å². The topological polar surface area (TPSA) is 92.3 Å². The van der Waals surface area contributed by atoms with Gasteiger partial charge in [0.05, 0.1) is 42.6 Å². The molecule has 186 valence electrons. The number of piperazine rings is 1. The predicted octanol–water partition coefficient (Wildman–Crippen LogP) is 3.23. The maximum absolute atomic E-state index is 13.5. The van der Waals surface area contributed by atoms with Gasteiger partial charge in [0.15, 0.2) is 11.5 Å². The molecule has 3 heterocycles. The fraction of sp³-hybridized carbons (Fsp3) is 0.308. The lowest BCUT2D eigenvalue weighted by Gasteiger charge is -2.36. The summed E-state index contributed by atoms with van der Waals surface area (Å²) in [6.07, 6.45) is 0. The summed E-state index contributed by atoms with van der Waals surface area (Å²) >= 11 is 1.46. The van der Waals surface area contributed by atoms with Gasteiger partial charge in [-0.15, -0.1) is 11.3 Å². The summed E-state index contributed by atoms with van der Waals surface area (Å²) in [7, 11) is 3.07. The van der Waals surface area contributed by atoms with E-state index in [9.17, 15) is 14.4 Å². The Hall–Kier alpha value is -3.92. The number of rotatable bonds is 6. The van der Waals surface area contributed by atoms with E-state index in [-0.39, 0.29) is 24.3 Å². The van der Waals surface area contributed by atoms with E-state index in [2.05, 4.69) is 9.88 Å². The quantitative estimate of drug-likeness (QED) is 0.474. The van der Waals surface area contributed by atoms with Crippen molar-refractivity contribution in [3.05, 3.63) is 69.2 Å². The smallest absolute Gasteiger partial charge is 0.273 e. The summed E-state index contributed by atoms with van der Waals surface area (Å²) in [5.41, 5.74) is 2.64. The molecule has 0 saturated carbocycles. The Kier molecular flexibility index (Phi) is 6.36. The standard InChI is InChI=1S/C26H26N4O5S/c1-16-27-19(15-36-16)25(32)29-12-10-28(11-13-29)20-8-5-7-18-22(20)26(33)30(24(18)31)14-17-6-4-9-21(34-2)23(17)35-3/h4-9,15H,10-14H2,1-3H3. The summed E-state index contributed by atoms with van der Waals surface area (Å²) in [6, 6.07) is 10.7. The minimum Gasteiger partial charge on any atom is -0.493 e. The fourth-order valence-electron chi connectivity index (χ4n) is 4.75. The van der Waals surface area contributed by atoms with Crippen LogP contribution in [0.3, 0.4) is 0 Å².